The van der Waals surface area contributed by atoms with Gasteiger partial charge in [-0.2, -0.15) is 0 Å². The van der Waals surface area contributed by atoms with Crippen molar-refractivity contribution in [3.8, 4) is 11.1 Å². The van der Waals surface area contributed by atoms with Crippen LogP contribution in [0.15, 0.2) is 72.8 Å². The minimum absolute atomic E-state index is 0.619. The van der Waals surface area contributed by atoms with Crippen LogP contribution in [0.25, 0.3) is 11.1 Å². The normalized spacial score (nSPS) is 12.0. The SMILES string of the molecule is CCC(C)c1ccc(N(C)c2ccc(-c3ccc(C)cc3)cc2)cc1. The second-order valence-electron chi connectivity index (χ2n) is 6.87. The Labute approximate surface area is 151 Å². The zero-order chi connectivity index (χ0) is 17.8. The molecule has 0 fully saturated rings. The molecule has 0 N–H and O–H groups in total. The number of aryl methyl sites for hydroxylation is 1. The van der Waals surface area contributed by atoms with Gasteiger partial charge in [0.1, 0.15) is 0 Å². The van der Waals surface area contributed by atoms with Gasteiger partial charge in [0.25, 0.3) is 0 Å². The third-order valence-electron chi connectivity index (χ3n) is 5.10. The molecule has 0 amide bonds. The van der Waals surface area contributed by atoms with Crippen molar-refractivity contribution in [3.05, 3.63) is 83.9 Å². The van der Waals surface area contributed by atoms with Crippen LogP contribution in [0.4, 0.5) is 11.4 Å². The molecule has 0 saturated heterocycles. The fourth-order valence-corrected chi connectivity index (χ4v) is 3.03. The summed E-state index contributed by atoms with van der Waals surface area (Å²) in [5, 5.41) is 0. The predicted molar refractivity (Wildman–Crippen MR) is 110 cm³/mol. The van der Waals surface area contributed by atoms with Gasteiger partial charge in [-0.3, -0.25) is 0 Å². The van der Waals surface area contributed by atoms with Crippen LogP contribution in [-0.2, 0) is 0 Å². The van der Waals surface area contributed by atoms with Gasteiger partial charge in [0.15, 0.2) is 0 Å². The lowest BCUT2D eigenvalue weighted by Gasteiger charge is -2.21. The van der Waals surface area contributed by atoms with Gasteiger partial charge in [-0.25, -0.2) is 0 Å². The highest BCUT2D eigenvalue weighted by Crippen LogP contribution is 2.28. The second-order valence-corrected chi connectivity index (χ2v) is 6.87. The molecule has 1 nitrogen and oxygen atoms in total. The summed E-state index contributed by atoms with van der Waals surface area (Å²) in [6.45, 7) is 6.64. The number of benzene rings is 3. The van der Waals surface area contributed by atoms with Crippen molar-refractivity contribution in [1.82, 2.24) is 0 Å². The maximum atomic E-state index is 2.28. The first-order chi connectivity index (χ1) is 12.1. The highest BCUT2D eigenvalue weighted by molar-refractivity contribution is 5.69. The molecule has 0 aliphatic carbocycles. The third kappa shape index (κ3) is 3.93. The van der Waals surface area contributed by atoms with Crippen molar-refractivity contribution in [2.45, 2.75) is 33.1 Å². The van der Waals surface area contributed by atoms with Gasteiger partial charge in [-0.05, 0) is 60.2 Å². The Balaban J connectivity index is 1.78. The van der Waals surface area contributed by atoms with Crippen LogP contribution >= 0.6 is 0 Å². The molecule has 128 valence electrons. The molecular formula is C24H27N. The Morgan fingerprint density at radius 3 is 1.64 bits per heavy atom. The van der Waals surface area contributed by atoms with Gasteiger partial charge >= 0.3 is 0 Å². The van der Waals surface area contributed by atoms with Crippen molar-refractivity contribution in [2.75, 3.05) is 11.9 Å². The number of rotatable bonds is 5. The van der Waals surface area contributed by atoms with Gasteiger partial charge < -0.3 is 4.90 Å². The second kappa shape index (κ2) is 7.57. The van der Waals surface area contributed by atoms with Gasteiger partial charge in [0.05, 0.1) is 0 Å². The number of nitrogens with zero attached hydrogens (tertiary/aromatic N) is 1. The molecule has 0 bridgehead atoms. The Kier molecular flexibility index (Phi) is 5.23. The van der Waals surface area contributed by atoms with E-state index in [-0.39, 0.29) is 0 Å². The predicted octanol–water partition coefficient (Wildman–Crippen LogP) is 6.94. The summed E-state index contributed by atoms with van der Waals surface area (Å²) in [6.07, 6.45) is 1.18. The first kappa shape index (κ1) is 17.3. The van der Waals surface area contributed by atoms with E-state index in [1.54, 1.807) is 0 Å². The summed E-state index contributed by atoms with van der Waals surface area (Å²) in [4.78, 5) is 2.24. The van der Waals surface area contributed by atoms with E-state index in [0.29, 0.717) is 5.92 Å². The van der Waals surface area contributed by atoms with Crippen molar-refractivity contribution < 1.29 is 0 Å². The molecule has 0 spiro atoms. The Hall–Kier alpha value is -2.54. The maximum Gasteiger partial charge on any atom is 0.0408 e. The van der Waals surface area contributed by atoms with Gasteiger partial charge in [0.2, 0.25) is 0 Å². The minimum atomic E-state index is 0.619. The molecule has 0 saturated carbocycles. The average Bonchev–Trinajstić information content (AvgIpc) is 2.67. The Bertz CT molecular complexity index is 798. The lowest BCUT2D eigenvalue weighted by atomic mass is 9.98. The lowest BCUT2D eigenvalue weighted by Crippen LogP contribution is -2.09. The van der Waals surface area contributed by atoms with Crippen LogP contribution in [0.1, 0.15) is 37.3 Å². The van der Waals surface area contributed by atoms with Crippen LogP contribution in [0.2, 0.25) is 0 Å². The smallest absolute Gasteiger partial charge is 0.0408 e. The summed E-state index contributed by atoms with van der Waals surface area (Å²) < 4.78 is 0. The molecule has 0 radical (unpaired) electrons. The summed E-state index contributed by atoms with van der Waals surface area (Å²) in [6, 6.07) is 26.4. The van der Waals surface area contributed by atoms with Crippen LogP contribution < -0.4 is 4.90 Å². The maximum absolute atomic E-state index is 2.28. The molecule has 1 heteroatoms. The quantitative estimate of drug-likeness (QED) is 0.490. The zero-order valence-electron chi connectivity index (χ0n) is 15.7. The van der Waals surface area contributed by atoms with Crippen LogP contribution in [0.5, 0.6) is 0 Å². The van der Waals surface area contributed by atoms with Gasteiger partial charge in [-0.1, -0.05) is 67.9 Å². The molecule has 0 aromatic heterocycles. The van der Waals surface area contributed by atoms with Crippen molar-refractivity contribution in [3.63, 3.8) is 0 Å². The number of hydrogen-bond donors (Lipinski definition) is 0. The van der Waals surface area contributed by atoms with E-state index in [4.69, 9.17) is 0 Å². The van der Waals surface area contributed by atoms with Crippen molar-refractivity contribution >= 4 is 11.4 Å². The van der Waals surface area contributed by atoms with E-state index in [1.807, 2.05) is 0 Å². The van der Waals surface area contributed by atoms with E-state index < -0.39 is 0 Å². The van der Waals surface area contributed by atoms with Gasteiger partial charge in [0, 0.05) is 18.4 Å². The standard InChI is InChI=1S/C24H27N/c1-5-19(3)20-10-14-23(15-11-20)25(4)24-16-12-22(13-17-24)21-8-6-18(2)7-9-21/h6-17,19H,5H2,1-4H3. The van der Waals surface area contributed by atoms with Crippen LogP contribution in [0, 0.1) is 6.92 Å². The van der Waals surface area contributed by atoms with E-state index in [2.05, 4.69) is 106 Å². The zero-order valence-corrected chi connectivity index (χ0v) is 15.7. The highest BCUT2D eigenvalue weighted by Gasteiger charge is 2.07. The Morgan fingerprint density at radius 2 is 1.16 bits per heavy atom. The topological polar surface area (TPSA) is 3.24 Å². The lowest BCUT2D eigenvalue weighted by molar-refractivity contribution is 0.733. The van der Waals surface area contributed by atoms with Crippen LogP contribution in [0.3, 0.4) is 0 Å². The average molecular weight is 329 g/mol. The molecule has 1 atom stereocenters. The molecule has 3 aromatic rings. The summed E-state index contributed by atoms with van der Waals surface area (Å²) in [5.74, 6) is 0.619. The molecule has 3 rings (SSSR count). The van der Waals surface area contributed by atoms with E-state index in [9.17, 15) is 0 Å². The fourth-order valence-electron chi connectivity index (χ4n) is 3.03. The van der Waals surface area contributed by atoms with E-state index in [0.717, 1.165) is 0 Å². The monoisotopic (exact) mass is 329 g/mol. The molecule has 0 aliphatic heterocycles. The Morgan fingerprint density at radius 1 is 0.720 bits per heavy atom. The first-order valence-corrected chi connectivity index (χ1v) is 9.09. The number of hydrogen-bond acceptors (Lipinski definition) is 1. The molecule has 0 heterocycles. The third-order valence-corrected chi connectivity index (χ3v) is 5.10. The fraction of sp³-hybridized carbons (Fsp3) is 0.250. The molecule has 0 aliphatic rings. The molecular weight excluding hydrogens is 302 g/mol. The number of anilines is 2. The van der Waals surface area contributed by atoms with Crippen LogP contribution in [-0.4, -0.2) is 7.05 Å². The molecule has 3 aromatic carbocycles. The van der Waals surface area contributed by atoms with E-state index in [1.165, 1.54) is 40.0 Å². The molecule has 1 unspecified atom stereocenters. The van der Waals surface area contributed by atoms with E-state index >= 15 is 0 Å². The highest BCUT2D eigenvalue weighted by atomic mass is 15.1. The minimum Gasteiger partial charge on any atom is -0.345 e. The van der Waals surface area contributed by atoms with Crippen molar-refractivity contribution in [2.24, 2.45) is 0 Å². The van der Waals surface area contributed by atoms with Crippen molar-refractivity contribution in [1.29, 1.82) is 0 Å². The molecule has 25 heavy (non-hydrogen) atoms. The van der Waals surface area contributed by atoms with Gasteiger partial charge in [-0.15, -0.1) is 0 Å². The largest absolute Gasteiger partial charge is 0.345 e. The first-order valence-electron chi connectivity index (χ1n) is 9.09. The summed E-state index contributed by atoms with van der Waals surface area (Å²) >= 11 is 0. The summed E-state index contributed by atoms with van der Waals surface area (Å²) in [7, 11) is 2.12. The summed E-state index contributed by atoms with van der Waals surface area (Å²) in [5.41, 5.74) is 7.64.